The highest BCUT2D eigenvalue weighted by Gasteiger charge is 2.29. The molecule has 1 aromatic heterocycles. The Morgan fingerprint density at radius 1 is 1.35 bits per heavy atom. The monoisotopic (exact) mass is 316 g/mol. The Labute approximate surface area is 126 Å². The van der Waals surface area contributed by atoms with Gasteiger partial charge in [-0.05, 0) is 43.2 Å². The minimum Gasteiger partial charge on any atom is -0.326 e. The fourth-order valence-electron chi connectivity index (χ4n) is 2.74. The van der Waals surface area contributed by atoms with Crippen molar-refractivity contribution in [2.24, 2.45) is 17.6 Å². The maximum absolute atomic E-state index is 12.6. The first-order valence-corrected chi connectivity index (χ1v) is 9.49. The predicted octanol–water partition coefficient (Wildman–Crippen LogP) is 2.65. The van der Waals surface area contributed by atoms with Crippen molar-refractivity contribution in [1.29, 1.82) is 0 Å². The Balaban J connectivity index is 2.13. The first kappa shape index (κ1) is 15.9. The van der Waals surface area contributed by atoms with E-state index < -0.39 is 10.0 Å². The summed E-state index contributed by atoms with van der Waals surface area (Å²) in [6.45, 7) is 6.13. The molecule has 0 amide bonds. The van der Waals surface area contributed by atoms with Crippen molar-refractivity contribution in [2.75, 3.05) is 13.1 Å². The molecule has 1 unspecified atom stereocenters. The Hall–Kier alpha value is -0.430. The minimum atomic E-state index is -3.33. The molecule has 1 aliphatic heterocycles. The third-order valence-corrected chi connectivity index (χ3v) is 7.58. The maximum Gasteiger partial charge on any atom is 0.252 e. The molecule has 0 spiro atoms. The van der Waals surface area contributed by atoms with Crippen molar-refractivity contribution < 1.29 is 8.42 Å². The molecule has 0 saturated carbocycles. The highest BCUT2D eigenvalue weighted by molar-refractivity contribution is 7.91. The van der Waals surface area contributed by atoms with Gasteiger partial charge in [-0.15, -0.1) is 11.3 Å². The van der Waals surface area contributed by atoms with E-state index in [1.54, 1.807) is 10.4 Å². The van der Waals surface area contributed by atoms with Gasteiger partial charge in [0.05, 0.1) is 0 Å². The normalized spacial score (nSPS) is 22.1. The number of hydrogen-bond donors (Lipinski definition) is 1. The molecule has 6 heteroatoms. The molecule has 1 fully saturated rings. The van der Waals surface area contributed by atoms with E-state index in [1.807, 2.05) is 6.07 Å². The lowest BCUT2D eigenvalue weighted by Crippen LogP contribution is -2.31. The Kier molecular flexibility index (Phi) is 5.23. The maximum atomic E-state index is 12.6. The second-order valence-electron chi connectivity index (χ2n) is 5.76. The largest absolute Gasteiger partial charge is 0.326 e. The van der Waals surface area contributed by atoms with Crippen LogP contribution in [-0.2, 0) is 16.6 Å². The lowest BCUT2D eigenvalue weighted by molar-refractivity contribution is 0.341. The molecule has 2 N–H and O–H groups in total. The second-order valence-corrected chi connectivity index (χ2v) is 9.10. The summed E-state index contributed by atoms with van der Waals surface area (Å²) in [5, 5.41) is 0. The summed E-state index contributed by atoms with van der Waals surface area (Å²) in [7, 11) is -3.33. The number of rotatable bonds is 4. The van der Waals surface area contributed by atoms with Gasteiger partial charge in [0.2, 0.25) is 0 Å². The van der Waals surface area contributed by atoms with Crippen molar-refractivity contribution in [3.63, 3.8) is 0 Å². The quantitative estimate of drug-likeness (QED) is 0.929. The van der Waals surface area contributed by atoms with Gasteiger partial charge in [0.15, 0.2) is 0 Å². The lowest BCUT2D eigenvalue weighted by Gasteiger charge is -2.20. The van der Waals surface area contributed by atoms with Gasteiger partial charge in [-0.3, -0.25) is 0 Å². The number of sulfonamides is 1. The molecule has 0 aliphatic carbocycles. The number of nitrogens with zero attached hydrogens (tertiary/aromatic N) is 1. The third-order valence-electron chi connectivity index (χ3n) is 4.11. The van der Waals surface area contributed by atoms with Crippen molar-refractivity contribution in [2.45, 2.75) is 43.9 Å². The van der Waals surface area contributed by atoms with Gasteiger partial charge in [0, 0.05) is 24.5 Å². The molecule has 1 saturated heterocycles. The first-order valence-electron chi connectivity index (χ1n) is 7.24. The first-order chi connectivity index (χ1) is 9.45. The zero-order chi connectivity index (χ0) is 14.8. The third kappa shape index (κ3) is 3.42. The molecule has 2 heterocycles. The fourth-order valence-corrected chi connectivity index (χ4v) is 5.62. The van der Waals surface area contributed by atoms with Crippen molar-refractivity contribution >= 4 is 21.4 Å². The summed E-state index contributed by atoms with van der Waals surface area (Å²) in [6.07, 6.45) is 3.05. The van der Waals surface area contributed by atoms with E-state index >= 15 is 0 Å². The fraction of sp³-hybridized carbons (Fsp3) is 0.714. The molecule has 114 valence electrons. The van der Waals surface area contributed by atoms with Crippen LogP contribution in [0.4, 0.5) is 0 Å². The van der Waals surface area contributed by atoms with Crippen molar-refractivity contribution in [1.82, 2.24) is 4.31 Å². The molecular formula is C14H24N2O2S2. The van der Waals surface area contributed by atoms with Crippen LogP contribution < -0.4 is 5.73 Å². The molecule has 20 heavy (non-hydrogen) atoms. The molecule has 4 nitrogen and oxygen atoms in total. The summed E-state index contributed by atoms with van der Waals surface area (Å²) >= 11 is 1.29. The lowest BCUT2D eigenvalue weighted by atomic mass is 9.89. The minimum absolute atomic E-state index is 0.398. The number of thiophene rings is 1. The van der Waals surface area contributed by atoms with Crippen LogP contribution in [0.3, 0.4) is 0 Å². The van der Waals surface area contributed by atoms with Crippen LogP contribution >= 0.6 is 11.3 Å². The van der Waals surface area contributed by atoms with Crippen LogP contribution in [0, 0.1) is 11.8 Å². The number of nitrogens with two attached hydrogens (primary N) is 1. The second kappa shape index (κ2) is 6.56. The Morgan fingerprint density at radius 2 is 2.10 bits per heavy atom. The average Bonchev–Trinajstić information content (AvgIpc) is 2.75. The van der Waals surface area contributed by atoms with Gasteiger partial charge in [-0.1, -0.05) is 13.8 Å². The molecule has 1 atom stereocenters. The van der Waals surface area contributed by atoms with Gasteiger partial charge >= 0.3 is 0 Å². The summed E-state index contributed by atoms with van der Waals surface area (Å²) in [5.41, 5.74) is 5.56. The molecular weight excluding hydrogens is 292 g/mol. The zero-order valence-electron chi connectivity index (χ0n) is 12.2. The van der Waals surface area contributed by atoms with Crippen LogP contribution in [0.15, 0.2) is 16.3 Å². The van der Waals surface area contributed by atoms with E-state index in [4.69, 9.17) is 5.73 Å². The summed E-state index contributed by atoms with van der Waals surface area (Å²) in [4.78, 5) is 0.915. The predicted molar refractivity (Wildman–Crippen MR) is 83.1 cm³/mol. The van der Waals surface area contributed by atoms with Crippen LogP contribution in [-0.4, -0.2) is 25.8 Å². The van der Waals surface area contributed by atoms with Gasteiger partial charge < -0.3 is 5.73 Å². The summed E-state index contributed by atoms with van der Waals surface area (Å²) in [5.74, 6) is 1.27. The topological polar surface area (TPSA) is 63.4 Å². The van der Waals surface area contributed by atoms with Gasteiger partial charge in [-0.2, -0.15) is 4.31 Å². The number of hydrogen-bond acceptors (Lipinski definition) is 4. The molecule has 0 radical (unpaired) electrons. The molecule has 2 rings (SSSR count). The Morgan fingerprint density at radius 3 is 2.70 bits per heavy atom. The molecule has 1 aliphatic rings. The van der Waals surface area contributed by atoms with Crippen LogP contribution in [0.25, 0.3) is 0 Å². The molecule has 0 bridgehead atoms. The van der Waals surface area contributed by atoms with Crippen LogP contribution in [0.1, 0.15) is 38.0 Å². The SMILES string of the molecule is CC(C)C1CCCN(S(=O)(=O)c2ccc(CN)s2)CC1. The van der Waals surface area contributed by atoms with Gasteiger partial charge in [0.25, 0.3) is 10.0 Å². The highest BCUT2D eigenvalue weighted by Crippen LogP contribution is 2.30. The van der Waals surface area contributed by atoms with E-state index in [0.717, 1.165) is 24.1 Å². The van der Waals surface area contributed by atoms with E-state index in [-0.39, 0.29) is 0 Å². The van der Waals surface area contributed by atoms with Crippen LogP contribution in [0.2, 0.25) is 0 Å². The van der Waals surface area contributed by atoms with E-state index in [0.29, 0.717) is 35.7 Å². The average molecular weight is 316 g/mol. The summed E-state index contributed by atoms with van der Waals surface area (Å²) < 4.78 is 27.4. The van der Waals surface area contributed by atoms with Crippen LogP contribution in [0.5, 0.6) is 0 Å². The van der Waals surface area contributed by atoms with E-state index in [2.05, 4.69) is 13.8 Å². The van der Waals surface area contributed by atoms with E-state index in [1.165, 1.54) is 11.3 Å². The standard InChI is InChI=1S/C14H24N2O2S2/c1-11(2)12-4-3-8-16(9-7-12)20(17,18)14-6-5-13(10-15)19-14/h5-6,11-12H,3-4,7-10,15H2,1-2H3. The smallest absolute Gasteiger partial charge is 0.252 e. The van der Waals surface area contributed by atoms with Gasteiger partial charge in [-0.25, -0.2) is 8.42 Å². The van der Waals surface area contributed by atoms with Crippen molar-refractivity contribution in [3.8, 4) is 0 Å². The van der Waals surface area contributed by atoms with Crippen molar-refractivity contribution in [3.05, 3.63) is 17.0 Å². The van der Waals surface area contributed by atoms with E-state index in [9.17, 15) is 8.42 Å². The zero-order valence-corrected chi connectivity index (χ0v) is 13.8. The Bertz CT molecular complexity index is 537. The molecule has 1 aromatic rings. The highest BCUT2D eigenvalue weighted by atomic mass is 32.2. The summed E-state index contributed by atoms with van der Waals surface area (Å²) in [6, 6.07) is 3.50. The van der Waals surface area contributed by atoms with Gasteiger partial charge in [0.1, 0.15) is 4.21 Å². The molecule has 0 aromatic carbocycles.